The summed E-state index contributed by atoms with van der Waals surface area (Å²) in [5.74, 6) is 1.67. The number of nitrogens with zero attached hydrogens (tertiary/aromatic N) is 7. The molecule has 0 saturated heterocycles. The molecular weight excluding hydrogens is 370 g/mol. The van der Waals surface area contributed by atoms with Crippen LogP contribution in [-0.2, 0) is 0 Å². The SMILES string of the molecule is Cc1nc(NCCNC(=O)c2cnn(-c3ccccc3)n2)cc(-n2cccn2)n1. The van der Waals surface area contributed by atoms with Crippen molar-refractivity contribution in [1.82, 2.24) is 40.1 Å². The van der Waals surface area contributed by atoms with E-state index in [4.69, 9.17) is 0 Å². The van der Waals surface area contributed by atoms with E-state index in [0.29, 0.717) is 30.5 Å². The molecule has 2 N–H and O–H groups in total. The number of anilines is 1. The second-order valence-corrected chi connectivity index (χ2v) is 6.15. The van der Waals surface area contributed by atoms with Crippen LogP contribution in [0.1, 0.15) is 16.3 Å². The first-order valence-corrected chi connectivity index (χ1v) is 9.04. The van der Waals surface area contributed by atoms with Crippen molar-refractivity contribution in [1.29, 1.82) is 0 Å². The Morgan fingerprint density at radius 2 is 1.93 bits per heavy atom. The van der Waals surface area contributed by atoms with Crippen LogP contribution in [0, 0.1) is 6.92 Å². The summed E-state index contributed by atoms with van der Waals surface area (Å²) in [6, 6.07) is 13.0. The van der Waals surface area contributed by atoms with Crippen molar-refractivity contribution in [3.05, 3.63) is 72.6 Å². The van der Waals surface area contributed by atoms with Crippen molar-refractivity contribution in [3.8, 4) is 11.5 Å². The van der Waals surface area contributed by atoms with E-state index in [0.717, 1.165) is 5.69 Å². The van der Waals surface area contributed by atoms with Crippen LogP contribution in [0.25, 0.3) is 11.5 Å². The van der Waals surface area contributed by atoms with E-state index in [1.807, 2.05) is 49.5 Å². The molecule has 0 aliphatic carbocycles. The molecule has 3 heterocycles. The number of benzene rings is 1. The van der Waals surface area contributed by atoms with Crippen molar-refractivity contribution in [2.45, 2.75) is 6.92 Å². The smallest absolute Gasteiger partial charge is 0.273 e. The fourth-order valence-corrected chi connectivity index (χ4v) is 2.67. The first-order valence-electron chi connectivity index (χ1n) is 9.04. The van der Waals surface area contributed by atoms with Gasteiger partial charge in [-0.15, -0.1) is 5.10 Å². The predicted molar refractivity (Wildman–Crippen MR) is 106 cm³/mol. The van der Waals surface area contributed by atoms with E-state index in [9.17, 15) is 4.79 Å². The van der Waals surface area contributed by atoms with E-state index in [-0.39, 0.29) is 11.6 Å². The lowest BCUT2D eigenvalue weighted by molar-refractivity contribution is 0.0949. The number of nitrogens with one attached hydrogen (secondary N) is 2. The molecule has 0 atom stereocenters. The average molecular weight is 389 g/mol. The van der Waals surface area contributed by atoms with Gasteiger partial charge in [-0.2, -0.15) is 15.0 Å². The molecule has 0 aliphatic heterocycles. The Labute approximate surface area is 166 Å². The molecule has 29 heavy (non-hydrogen) atoms. The highest BCUT2D eigenvalue weighted by Gasteiger charge is 2.11. The van der Waals surface area contributed by atoms with E-state index < -0.39 is 0 Å². The first kappa shape index (κ1) is 18.3. The van der Waals surface area contributed by atoms with Crippen LogP contribution in [0.2, 0.25) is 0 Å². The van der Waals surface area contributed by atoms with E-state index in [1.165, 1.54) is 11.0 Å². The molecule has 0 spiro atoms. The maximum absolute atomic E-state index is 12.3. The van der Waals surface area contributed by atoms with Gasteiger partial charge in [-0.3, -0.25) is 4.79 Å². The molecule has 3 aromatic heterocycles. The second kappa shape index (κ2) is 8.30. The molecule has 4 aromatic rings. The molecule has 0 fully saturated rings. The number of rotatable bonds is 7. The minimum absolute atomic E-state index is 0.257. The summed E-state index contributed by atoms with van der Waals surface area (Å²) in [6.07, 6.45) is 4.95. The minimum Gasteiger partial charge on any atom is -0.368 e. The summed E-state index contributed by atoms with van der Waals surface area (Å²) >= 11 is 0. The molecule has 0 radical (unpaired) electrons. The normalized spacial score (nSPS) is 10.7. The number of hydrogen-bond acceptors (Lipinski definition) is 7. The van der Waals surface area contributed by atoms with Gasteiger partial charge in [0, 0.05) is 31.5 Å². The molecule has 146 valence electrons. The van der Waals surface area contributed by atoms with Crippen molar-refractivity contribution < 1.29 is 4.79 Å². The van der Waals surface area contributed by atoms with Crippen LogP contribution in [-0.4, -0.2) is 53.7 Å². The van der Waals surface area contributed by atoms with Gasteiger partial charge in [0.2, 0.25) is 0 Å². The Bertz CT molecular complexity index is 1090. The number of para-hydroxylation sites is 1. The Hall–Kier alpha value is -4.08. The first-order chi connectivity index (χ1) is 14.2. The summed E-state index contributed by atoms with van der Waals surface area (Å²) < 4.78 is 1.66. The van der Waals surface area contributed by atoms with Gasteiger partial charge in [0.05, 0.1) is 11.9 Å². The number of hydrogen-bond donors (Lipinski definition) is 2. The highest BCUT2D eigenvalue weighted by Crippen LogP contribution is 2.10. The molecule has 1 aromatic carbocycles. The molecule has 0 unspecified atom stereocenters. The van der Waals surface area contributed by atoms with Gasteiger partial charge in [-0.05, 0) is 25.1 Å². The number of carbonyl (C=O) groups excluding carboxylic acids is 1. The molecule has 0 saturated carbocycles. The third-order valence-electron chi connectivity index (χ3n) is 3.99. The van der Waals surface area contributed by atoms with Crippen LogP contribution in [0.4, 0.5) is 5.82 Å². The van der Waals surface area contributed by atoms with E-state index in [2.05, 4.69) is 35.9 Å². The van der Waals surface area contributed by atoms with Crippen LogP contribution in [0.5, 0.6) is 0 Å². The summed E-state index contributed by atoms with van der Waals surface area (Å²) in [5, 5.41) is 18.5. The lowest BCUT2D eigenvalue weighted by atomic mass is 10.3. The van der Waals surface area contributed by atoms with Crippen molar-refractivity contribution in [2.75, 3.05) is 18.4 Å². The molecule has 0 bridgehead atoms. The number of aromatic nitrogens is 7. The topological polar surface area (TPSA) is 115 Å². The highest BCUT2D eigenvalue weighted by molar-refractivity contribution is 5.91. The molecule has 1 amide bonds. The zero-order chi connectivity index (χ0) is 20.1. The Morgan fingerprint density at radius 3 is 2.72 bits per heavy atom. The predicted octanol–water partition coefficient (Wildman–Crippen LogP) is 1.39. The van der Waals surface area contributed by atoms with Crippen LogP contribution >= 0.6 is 0 Å². The van der Waals surface area contributed by atoms with Crippen molar-refractivity contribution in [3.63, 3.8) is 0 Å². The summed E-state index contributed by atoms with van der Waals surface area (Å²) in [5.41, 5.74) is 1.05. The number of carbonyl (C=O) groups is 1. The second-order valence-electron chi connectivity index (χ2n) is 6.15. The minimum atomic E-state index is -0.287. The van der Waals surface area contributed by atoms with Gasteiger partial charge in [-0.1, -0.05) is 18.2 Å². The molecule has 10 heteroatoms. The monoisotopic (exact) mass is 389 g/mol. The fourth-order valence-electron chi connectivity index (χ4n) is 2.67. The lowest BCUT2D eigenvalue weighted by Gasteiger charge is -2.09. The van der Waals surface area contributed by atoms with Gasteiger partial charge in [0.25, 0.3) is 5.91 Å². The number of amides is 1. The van der Waals surface area contributed by atoms with Crippen molar-refractivity contribution in [2.24, 2.45) is 0 Å². The standard InChI is InChI=1S/C19H19N9O/c1-14-24-17(12-18(25-14)27-11-5-8-22-27)20-9-10-21-19(29)16-13-23-28(26-16)15-6-3-2-4-7-15/h2-8,11-13H,9-10H2,1H3,(H,21,29)(H,20,24,25). The van der Waals surface area contributed by atoms with E-state index >= 15 is 0 Å². The van der Waals surface area contributed by atoms with Crippen molar-refractivity contribution >= 4 is 11.7 Å². The maximum Gasteiger partial charge on any atom is 0.273 e. The molecule has 4 rings (SSSR count). The quantitative estimate of drug-likeness (QED) is 0.459. The van der Waals surface area contributed by atoms with Gasteiger partial charge in [0.1, 0.15) is 11.6 Å². The fraction of sp³-hybridized carbons (Fsp3) is 0.158. The summed E-state index contributed by atoms with van der Waals surface area (Å²) in [4.78, 5) is 22.4. The largest absolute Gasteiger partial charge is 0.368 e. The average Bonchev–Trinajstić information content (AvgIpc) is 3.44. The third-order valence-corrected chi connectivity index (χ3v) is 3.99. The van der Waals surface area contributed by atoms with Crippen LogP contribution < -0.4 is 10.6 Å². The Balaban J connectivity index is 1.31. The van der Waals surface area contributed by atoms with Gasteiger partial charge >= 0.3 is 0 Å². The molecular formula is C19H19N9O. The Kier molecular flexibility index (Phi) is 5.23. The van der Waals surface area contributed by atoms with Crippen LogP contribution in [0.15, 0.2) is 61.1 Å². The third kappa shape index (κ3) is 4.43. The van der Waals surface area contributed by atoms with E-state index in [1.54, 1.807) is 16.9 Å². The molecule has 0 aliphatic rings. The zero-order valence-electron chi connectivity index (χ0n) is 15.7. The van der Waals surface area contributed by atoms with Crippen LogP contribution in [0.3, 0.4) is 0 Å². The highest BCUT2D eigenvalue weighted by atomic mass is 16.2. The van der Waals surface area contributed by atoms with Gasteiger partial charge < -0.3 is 10.6 Å². The lowest BCUT2D eigenvalue weighted by Crippen LogP contribution is -2.29. The maximum atomic E-state index is 12.3. The number of aryl methyl sites for hydroxylation is 1. The van der Waals surface area contributed by atoms with Gasteiger partial charge in [0.15, 0.2) is 11.5 Å². The molecule has 10 nitrogen and oxygen atoms in total. The van der Waals surface area contributed by atoms with Gasteiger partial charge in [-0.25, -0.2) is 14.6 Å². The summed E-state index contributed by atoms with van der Waals surface area (Å²) in [6.45, 7) is 2.71. The summed E-state index contributed by atoms with van der Waals surface area (Å²) in [7, 11) is 0. The zero-order valence-corrected chi connectivity index (χ0v) is 15.7. The Morgan fingerprint density at radius 1 is 1.07 bits per heavy atom.